The Hall–Kier alpha value is -2.53. The third-order valence-electron chi connectivity index (χ3n) is 6.50. The Morgan fingerprint density at radius 1 is 1.03 bits per heavy atom. The quantitative estimate of drug-likeness (QED) is 0.580. The number of fused-ring (bicyclic) bond motifs is 1. The first-order chi connectivity index (χ1) is 15.1. The molecule has 0 N–H and O–H groups in total. The second kappa shape index (κ2) is 10.2. The second-order valence-corrected chi connectivity index (χ2v) is 8.85. The van der Waals surface area contributed by atoms with E-state index in [2.05, 4.69) is 17.9 Å². The summed E-state index contributed by atoms with van der Waals surface area (Å²) in [6.45, 7) is 7.11. The molecular formula is C26H34N2O3. The Balaban J connectivity index is 1.38. The van der Waals surface area contributed by atoms with Crippen molar-refractivity contribution in [2.45, 2.75) is 45.6 Å². The normalized spacial score (nSPS) is 17.5. The number of amides is 1. The van der Waals surface area contributed by atoms with Crippen LogP contribution in [0.25, 0.3) is 0 Å². The van der Waals surface area contributed by atoms with Crippen LogP contribution < -0.4 is 14.4 Å². The number of benzene rings is 2. The van der Waals surface area contributed by atoms with Crippen LogP contribution in [-0.4, -0.2) is 44.2 Å². The van der Waals surface area contributed by atoms with Gasteiger partial charge in [0, 0.05) is 19.0 Å². The van der Waals surface area contributed by atoms with E-state index in [4.69, 9.17) is 9.47 Å². The van der Waals surface area contributed by atoms with E-state index in [1.54, 1.807) is 7.11 Å². The third kappa shape index (κ3) is 5.59. The summed E-state index contributed by atoms with van der Waals surface area (Å²) in [5.74, 6) is 2.68. The highest BCUT2D eigenvalue weighted by atomic mass is 16.5. The number of rotatable bonds is 8. The van der Waals surface area contributed by atoms with Crippen molar-refractivity contribution in [3.63, 3.8) is 0 Å². The van der Waals surface area contributed by atoms with E-state index >= 15 is 0 Å². The Morgan fingerprint density at radius 2 is 1.87 bits per heavy atom. The van der Waals surface area contributed by atoms with Gasteiger partial charge < -0.3 is 19.3 Å². The summed E-state index contributed by atoms with van der Waals surface area (Å²) in [6, 6.07) is 14.1. The Kier molecular flexibility index (Phi) is 7.13. The fourth-order valence-electron chi connectivity index (χ4n) is 4.50. The van der Waals surface area contributed by atoms with Gasteiger partial charge in [-0.25, -0.2) is 0 Å². The zero-order valence-corrected chi connectivity index (χ0v) is 18.8. The summed E-state index contributed by atoms with van der Waals surface area (Å²) < 4.78 is 11.4. The first-order valence-electron chi connectivity index (χ1n) is 11.5. The second-order valence-electron chi connectivity index (χ2n) is 8.85. The molecule has 5 nitrogen and oxygen atoms in total. The first-order valence-corrected chi connectivity index (χ1v) is 11.5. The number of hydrogen-bond donors (Lipinski definition) is 0. The molecule has 2 aromatic rings. The zero-order valence-electron chi connectivity index (χ0n) is 18.8. The van der Waals surface area contributed by atoms with Gasteiger partial charge in [-0.15, -0.1) is 0 Å². The van der Waals surface area contributed by atoms with Gasteiger partial charge in [-0.1, -0.05) is 25.1 Å². The summed E-state index contributed by atoms with van der Waals surface area (Å²) in [6.07, 6.45) is 4.98. The van der Waals surface area contributed by atoms with Crippen molar-refractivity contribution in [3.8, 4) is 11.5 Å². The summed E-state index contributed by atoms with van der Waals surface area (Å²) in [4.78, 5) is 17.2. The van der Waals surface area contributed by atoms with Gasteiger partial charge in [0.05, 0.1) is 25.9 Å². The number of ether oxygens (including phenoxy) is 2. The van der Waals surface area contributed by atoms with Crippen molar-refractivity contribution in [1.82, 2.24) is 4.90 Å². The average molecular weight is 423 g/mol. The Bertz CT molecular complexity index is 890. The Labute approximate surface area is 185 Å². The van der Waals surface area contributed by atoms with Gasteiger partial charge >= 0.3 is 0 Å². The molecule has 0 spiro atoms. The number of aryl methyl sites for hydroxylation is 1. The van der Waals surface area contributed by atoms with Gasteiger partial charge in [-0.05, 0) is 74.0 Å². The van der Waals surface area contributed by atoms with E-state index in [1.807, 2.05) is 41.3 Å². The molecule has 0 bridgehead atoms. The average Bonchev–Trinajstić information content (AvgIpc) is 2.80. The fourth-order valence-corrected chi connectivity index (χ4v) is 4.50. The molecule has 2 aliphatic rings. The molecule has 166 valence electrons. The van der Waals surface area contributed by atoms with Crippen molar-refractivity contribution in [2.75, 3.05) is 38.3 Å². The van der Waals surface area contributed by atoms with Gasteiger partial charge in [0.2, 0.25) is 5.91 Å². The third-order valence-corrected chi connectivity index (χ3v) is 6.50. The number of piperidine rings is 1. The highest BCUT2D eigenvalue weighted by molar-refractivity contribution is 5.96. The SMILES string of the molecule is COc1cccc(CN2C(=O)CCc3ccc(OCCCN4CCC(C)CC4)cc32)c1. The van der Waals surface area contributed by atoms with Crippen LogP contribution in [0, 0.1) is 5.92 Å². The summed E-state index contributed by atoms with van der Waals surface area (Å²) in [7, 11) is 1.66. The van der Waals surface area contributed by atoms with E-state index in [0.29, 0.717) is 19.6 Å². The van der Waals surface area contributed by atoms with Gasteiger partial charge in [-0.2, -0.15) is 0 Å². The number of anilines is 1. The van der Waals surface area contributed by atoms with Crippen molar-refractivity contribution in [1.29, 1.82) is 0 Å². The molecule has 0 aromatic heterocycles. The lowest BCUT2D eigenvalue weighted by Crippen LogP contribution is -2.34. The molecule has 1 saturated heterocycles. The zero-order chi connectivity index (χ0) is 21.6. The van der Waals surface area contributed by atoms with Crippen LogP contribution in [0.2, 0.25) is 0 Å². The maximum Gasteiger partial charge on any atom is 0.227 e. The largest absolute Gasteiger partial charge is 0.497 e. The van der Waals surface area contributed by atoms with Gasteiger partial charge in [0.25, 0.3) is 0 Å². The van der Waals surface area contributed by atoms with Crippen LogP contribution in [-0.2, 0) is 17.8 Å². The van der Waals surface area contributed by atoms with Crippen molar-refractivity contribution in [2.24, 2.45) is 5.92 Å². The summed E-state index contributed by atoms with van der Waals surface area (Å²) in [5, 5.41) is 0. The van der Waals surface area contributed by atoms with Crippen LogP contribution >= 0.6 is 0 Å². The molecule has 1 fully saturated rings. The molecule has 31 heavy (non-hydrogen) atoms. The minimum atomic E-state index is 0.159. The first kappa shape index (κ1) is 21.7. The van der Waals surface area contributed by atoms with Gasteiger partial charge in [0.15, 0.2) is 0 Å². The van der Waals surface area contributed by atoms with Gasteiger partial charge in [-0.3, -0.25) is 4.79 Å². The summed E-state index contributed by atoms with van der Waals surface area (Å²) >= 11 is 0. The maximum atomic E-state index is 12.7. The van der Waals surface area contributed by atoms with E-state index < -0.39 is 0 Å². The van der Waals surface area contributed by atoms with E-state index in [9.17, 15) is 4.79 Å². The smallest absolute Gasteiger partial charge is 0.227 e. The molecule has 0 unspecified atom stereocenters. The van der Waals surface area contributed by atoms with Crippen molar-refractivity contribution >= 4 is 11.6 Å². The number of carbonyl (C=O) groups excluding carboxylic acids is 1. The molecule has 2 aromatic carbocycles. The molecule has 0 aliphatic carbocycles. The molecule has 2 aliphatic heterocycles. The number of carbonyl (C=O) groups is 1. The standard InChI is InChI=1S/C26H34N2O3/c1-20-11-14-27(15-12-20)13-4-16-31-24-9-7-22-8-10-26(29)28(25(22)18-24)19-21-5-3-6-23(17-21)30-2/h3,5-7,9,17-18,20H,4,8,10-16,19H2,1-2H3. The monoisotopic (exact) mass is 422 g/mol. The van der Waals surface area contributed by atoms with E-state index in [1.165, 1.54) is 31.5 Å². The molecular weight excluding hydrogens is 388 g/mol. The number of methoxy groups -OCH3 is 1. The molecule has 2 heterocycles. The van der Waals surface area contributed by atoms with Crippen LogP contribution in [0.1, 0.15) is 43.7 Å². The topological polar surface area (TPSA) is 42.0 Å². The highest BCUT2D eigenvalue weighted by Crippen LogP contribution is 2.33. The summed E-state index contributed by atoms with van der Waals surface area (Å²) in [5.41, 5.74) is 3.24. The van der Waals surface area contributed by atoms with Crippen LogP contribution in [0.15, 0.2) is 42.5 Å². The van der Waals surface area contributed by atoms with Crippen LogP contribution in [0.4, 0.5) is 5.69 Å². The Morgan fingerprint density at radius 3 is 2.68 bits per heavy atom. The molecule has 5 heteroatoms. The lowest BCUT2D eigenvalue weighted by atomic mass is 9.99. The number of hydrogen-bond acceptors (Lipinski definition) is 4. The minimum absolute atomic E-state index is 0.159. The van der Waals surface area contributed by atoms with Gasteiger partial charge in [0.1, 0.15) is 11.5 Å². The van der Waals surface area contributed by atoms with Crippen LogP contribution in [0.3, 0.4) is 0 Å². The minimum Gasteiger partial charge on any atom is -0.497 e. The maximum absolute atomic E-state index is 12.7. The van der Waals surface area contributed by atoms with Crippen LogP contribution in [0.5, 0.6) is 11.5 Å². The molecule has 1 amide bonds. The molecule has 0 saturated carbocycles. The lowest BCUT2D eigenvalue weighted by Gasteiger charge is -2.30. The molecule has 4 rings (SSSR count). The predicted molar refractivity (Wildman–Crippen MR) is 124 cm³/mol. The van der Waals surface area contributed by atoms with E-state index in [-0.39, 0.29) is 5.91 Å². The van der Waals surface area contributed by atoms with Crippen molar-refractivity contribution < 1.29 is 14.3 Å². The lowest BCUT2D eigenvalue weighted by molar-refractivity contribution is -0.119. The molecule has 0 radical (unpaired) electrons. The fraction of sp³-hybridized carbons (Fsp3) is 0.500. The predicted octanol–water partition coefficient (Wildman–Crippen LogP) is 4.68. The van der Waals surface area contributed by atoms with E-state index in [0.717, 1.165) is 48.1 Å². The van der Waals surface area contributed by atoms with Crippen molar-refractivity contribution in [3.05, 3.63) is 53.6 Å². The molecule has 0 atom stereocenters. The highest BCUT2D eigenvalue weighted by Gasteiger charge is 2.25. The number of nitrogens with zero attached hydrogens (tertiary/aromatic N) is 2. The number of likely N-dealkylation sites (tertiary alicyclic amines) is 1.